The van der Waals surface area contributed by atoms with Crippen LogP contribution in [-0.2, 0) is 22.8 Å². The van der Waals surface area contributed by atoms with E-state index >= 15 is 0 Å². The standard InChI is InChI=1S/C19H22F3NO4S/c1-4-13(2)23-12-14-8-9-17(26-3)18(10-14)27-28(24,25)16-7-5-6-15(11-16)19(20,21)22/h5-11,13,23H,4,12H2,1-3H3. The molecule has 9 heteroatoms. The van der Waals surface area contributed by atoms with Crippen LogP contribution in [0.1, 0.15) is 31.4 Å². The van der Waals surface area contributed by atoms with Gasteiger partial charge in [0, 0.05) is 12.6 Å². The van der Waals surface area contributed by atoms with E-state index < -0.39 is 26.8 Å². The number of rotatable bonds is 8. The van der Waals surface area contributed by atoms with Gasteiger partial charge >= 0.3 is 16.3 Å². The maximum absolute atomic E-state index is 12.9. The molecule has 0 spiro atoms. The van der Waals surface area contributed by atoms with E-state index in [0.717, 1.165) is 30.2 Å². The van der Waals surface area contributed by atoms with Crippen LogP contribution in [0.2, 0.25) is 0 Å². The first-order chi connectivity index (χ1) is 13.1. The molecule has 0 saturated heterocycles. The molecule has 1 unspecified atom stereocenters. The molecule has 0 aliphatic rings. The van der Waals surface area contributed by atoms with Gasteiger partial charge in [-0.05, 0) is 49.2 Å². The van der Waals surface area contributed by atoms with Gasteiger partial charge in [-0.25, -0.2) is 0 Å². The topological polar surface area (TPSA) is 64.6 Å². The highest BCUT2D eigenvalue weighted by atomic mass is 32.2. The van der Waals surface area contributed by atoms with Crippen molar-refractivity contribution in [1.82, 2.24) is 5.32 Å². The lowest BCUT2D eigenvalue weighted by Gasteiger charge is -2.15. The highest BCUT2D eigenvalue weighted by molar-refractivity contribution is 7.87. The largest absolute Gasteiger partial charge is 0.493 e. The number of methoxy groups -OCH3 is 1. The Morgan fingerprint density at radius 2 is 1.82 bits per heavy atom. The Morgan fingerprint density at radius 1 is 1.11 bits per heavy atom. The van der Waals surface area contributed by atoms with Crippen LogP contribution in [0.25, 0.3) is 0 Å². The Balaban J connectivity index is 2.32. The Kier molecular flexibility index (Phi) is 6.95. The predicted octanol–water partition coefficient (Wildman–Crippen LogP) is 4.37. The molecule has 1 atom stereocenters. The summed E-state index contributed by atoms with van der Waals surface area (Å²) in [5.74, 6) is 0.0613. The van der Waals surface area contributed by atoms with Crippen LogP contribution in [0, 0.1) is 0 Å². The Morgan fingerprint density at radius 3 is 2.43 bits per heavy atom. The Hall–Kier alpha value is -2.26. The van der Waals surface area contributed by atoms with Gasteiger partial charge in [0.25, 0.3) is 0 Å². The van der Waals surface area contributed by atoms with Gasteiger partial charge in [0.15, 0.2) is 11.5 Å². The summed E-state index contributed by atoms with van der Waals surface area (Å²) in [6.45, 7) is 4.51. The van der Waals surface area contributed by atoms with Crippen molar-refractivity contribution in [1.29, 1.82) is 0 Å². The second kappa shape index (κ2) is 8.83. The van der Waals surface area contributed by atoms with Crippen LogP contribution in [-0.4, -0.2) is 21.6 Å². The molecule has 0 fully saturated rings. The summed E-state index contributed by atoms with van der Waals surface area (Å²) < 4.78 is 73.9. The van der Waals surface area contributed by atoms with E-state index in [1.54, 1.807) is 12.1 Å². The number of hydrogen-bond acceptors (Lipinski definition) is 5. The highest BCUT2D eigenvalue weighted by Gasteiger charge is 2.32. The maximum atomic E-state index is 12.9. The molecule has 2 aromatic rings. The van der Waals surface area contributed by atoms with Crippen molar-refractivity contribution in [2.75, 3.05) is 7.11 Å². The van der Waals surface area contributed by atoms with E-state index in [9.17, 15) is 21.6 Å². The van der Waals surface area contributed by atoms with Crippen molar-refractivity contribution in [3.05, 3.63) is 53.6 Å². The van der Waals surface area contributed by atoms with E-state index in [4.69, 9.17) is 8.92 Å². The average Bonchev–Trinajstić information content (AvgIpc) is 2.65. The van der Waals surface area contributed by atoms with Crippen LogP contribution in [0.4, 0.5) is 13.2 Å². The van der Waals surface area contributed by atoms with Gasteiger partial charge in [0.1, 0.15) is 4.90 Å². The summed E-state index contributed by atoms with van der Waals surface area (Å²) in [7, 11) is -3.14. The normalized spacial score (nSPS) is 13.2. The quantitative estimate of drug-likeness (QED) is 0.646. The molecule has 5 nitrogen and oxygen atoms in total. The molecule has 0 radical (unpaired) electrons. The minimum atomic E-state index is -4.66. The smallest absolute Gasteiger partial charge is 0.416 e. The lowest BCUT2D eigenvalue weighted by molar-refractivity contribution is -0.137. The number of ether oxygens (including phenoxy) is 1. The first kappa shape index (κ1) is 22.0. The third-order valence-electron chi connectivity index (χ3n) is 4.14. The summed E-state index contributed by atoms with van der Waals surface area (Å²) in [6, 6.07) is 8.44. The van der Waals surface area contributed by atoms with Crippen LogP contribution in [0.3, 0.4) is 0 Å². The average molecular weight is 417 g/mol. The zero-order valence-corrected chi connectivity index (χ0v) is 16.5. The summed E-state index contributed by atoms with van der Waals surface area (Å²) in [5, 5.41) is 3.26. The summed E-state index contributed by atoms with van der Waals surface area (Å²) in [6.07, 6.45) is -3.74. The van der Waals surface area contributed by atoms with Crippen molar-refractivity contribution >= 4 is 10.1 Å². The van der Waals surface area contributed by atoms with E-state index in [1.807, 2.05) is 13.8 Å². The van der Waals surface area contributed by atoms with Gasteiger partial charge in [0.2, 0.25) is 0 Å². The van der Waals surface area contributed by atoms with E-state index in [2.05, 4.69) is 5.32 Å². The van der Waals surface area contributed by atoms with Crippen LogP contribution < -0.4 is 14.2 Å². The predicted molar refractivity (Wildman–Crippen MR) is 98.8 cm³/mol. The van der Waals surface area contributed by atoms with E-state index in [0.29, 0.717) is 12.6 Å². The van der Waals surface area contributed by atoms with Gasteiger partial charge in [-0.15, -0.1) is 0 Å². The third kappa shape index (κ3) is 5.62. The van der Waals surface area contributed by atoms with Crippen molar-refractivity contribution < 1.29 is 30.5 Å². The molecule has 2 rings (SSSR count). The number of halogens is 3. The fourth-order valence-corrected chi connectivity index (χ4v) is 3.31. The molecule has 0 bridgehead atoms. The fraction of sp³-hybridized carbons (Fsp3) is 0.368. The fourth-order valence-electron chi connectivity index (χ4n) is 2.33. The highest BCUT2D eigenvalue weighted by Crippen LogP contribution is 2.33. The van der Waals surface area contributed by atoms with Crippen molar-refractivity contribution in [3.8, 4) is 11.5 Å². The molecule has 0 aromatic heterocycles. The molecule has 154 valence electrons. The van der Waals surface area contributed by atoms with Crippen molar-refractivity contribution in [2.24, 2.45) is 0 Å². The second-order valence-corrected chi connectivity index (χ2v) is 7.78. The van der Waals surface area contributed by atoms with Crippen molar-refractivity contribution in [2.45, 2.75) is 43.9 Å². The molecule has 0 heterocycles. The monoisotopic (exact) mass is 417 g/mol. The molecule has 1 N–H and O–H groups in total. The molecule has 0 aliphatic carbocycles. The zero-order chi connectivity index (χ0) is 20.9. The summed E-state index contributed by atoms with van der Waals surface area (Å²) >= 11 is 0. The third-order valence-corrected chi connectivity index (χ3v) is 5.37. The Labute approximate surface area is 162 Å². The number of nitrogens with one attached hydrogen (secondary N) is 1. The first-order valence-corrected chi connectivity index (χ1v) is 9.99. The number of alkyl halides is 3. The van der Waals surface area contributed by atoms with Crippen LogP contribution in [0.15, 0.2) is 47.4 Å². The minimum Gasteiger partial charge on any atom is -0.493 e. The number of hydrogen-bond donors (Lipinski definition) is 1. The van der Waals surface area contributed by atoms with Crippen molar-refractivity contribution in [3.63, 3.8) is 0 Å². The first-order valence-electron chi connectivity index (χ1n) is 8.59. The molecule has 0 amide bonds. The minimum absolute atomic E-state index is 0.0941. The zero-order valence-electron chi connectivity index (χ0n) is 15.7. The van der Waals surface area contributed by atoms with Gasteiger partial charge in [-0.1, -0.05) is 19.1 Å². The van der Waals surface area contributed by atoms with Crippen LogP contribution >= 0.6 is 0 Å². The van der Waals surface area contributed by atoms with Gasteiger partial charge in [0.05, 0.1) is 12.7 Å². The molecule has 0 aliphatic heterocycles. The maximum Gasteiger partial charge on any atom is 0.416 e. The lowest BCUT2D eigenvalue weighted by Crippen LogP contribution is -2.24. The summed E-state index contributed by atoms with van der Waals surface area (Å²) in [5.41, 5.74) is -0.328. The van der Waals surface area contributed by atoms with Crippen LogP contribution in [0.5, 0.6) is 11.5 Å². The molecule has 0 saturated carbocycles. The van der Waals surface area contributed by atoms with Gasteiger partial charge in [-0.3, -0.25) is 0 Å². The number of benzene rings is 2. The van der Waals surface area contributed by atoms with E-state index in [-0.39, 0.29) is 17.5 Å². The molecular weight excluding hydrogens is 395 g/mol. The molecule has 28 heavy (non-hydrogen) atoms. The molecular formula is C19H22F3NO4S. The second-order valence-electron chi connectivity index (χ2n) is 6.24. The van der Waals surface area contributed by atoms with E-state index in [1.165, 1.54) is 13.2 Å². The Bertz CT molecular complexity index is 914. The molecule has 2 aromatic carbocycles. The van der Waals surface area contributed by atoms with Gasteiger partial charge < -0.3 is 14.2 Å². The SMILES string of the molecule is CCC(C)NCc1ccc(OC)c(OS(=O)(=O)c2cccc(C(F)(F)F)c2)c1. The summed E-state index contributed by atoms with van der Waals surface area (Å²) in [4.78, 5) is -0.590. The lowest BCUT2D eigenvalue weighted by atomic mass is 10.2. The van der Waals surface area contributed by atoms with Gasteiger partial charge in [-0.2, -0.15) is 21.6 Å².